The van der Waals surface area contributed by atoms with E-state index in [2.05, 4.69) is 19.9 Å². The molecule has 140 valence electrons. The zero-order chi connectivity index (χ0) is 19.4. The van der Waals surface area contributed by atoms with Gasteiger partial charge in [-0.15, -0.1) is 0 Å². The van der Waals surface area contributed by atoms with Gasteiger partial charge in [-0.05, 0) is 41.8 Å². The molecule has 10 heteroatoms. The van der Waals surface area contributed by atoms with Crippen LogP contribution in [0.2, 0.25) is 0 Å². The summed E-state index contributed by atoms with van der Waals surface area (Å²) in [6.07, 6.45) is -8.81. The van der Waals surface area contributed by atoms with Crippen LogP contribution in [0.15, 0.2) is 36.4 Å². The number of aromatic nitrogens is 4. The van der Waals surface area contributed by atoms with Crippen molar-refractivity contribution in [1.29, 1.82) is 0 Å². The van der Waals surface area contributed by atoms with Gasteiger partial charge in [-0.1, -0.05) is 12.1 Å². The number of benzene rings is 2. The van der Waals surface area contributed by atoms with E-state index in [1.54, 1.807) is 12.1 Å². The topological polar surface area (TPSA) is 57.4 Å². The third-order valence-corrected chi connectivity index (χ3v) is 4.04. The Hall–Kier alpha value is -3.04. The van der Waals surface area contributed by atoms with Gasteiger partial charge in [0.05, 0.1) is 22.1 Å². The van der Waals surface area contributed by atoms with Gasteiger partial charge in [-0.2, -0.15) is 26.3 Å². The number of fused-ring (bicyclic) bond motifs is 2. The van der Waals surface area contributed by atoms with Gasteiger partial charge in [-0.25, -0.2) is 9.97 Å². The Morgan fingerprint density at radius 3 is 1.44 bits per heavy atom. The predicted octanol–water partition coefficient (Wildman–Crippen LogP) is 5.07. The fourth-order valence-electron chi connectivity index (χ4n) is 2.84. The summed E-state index contributed by atoms with van der Waals surface area (Å²) in [6.45, 7) is 0. The summed E-state index contributed by atoms with van der Waals surface area (Å²) in [5, 5.41) is 0. The summed E-state index contributed by atoms with van der Waals surface area (Å²) in [5.41, 5.74) is 2.22. The highest BCUT2D eigenvalue weighted by molar-refractivity contribution is 5.77. The largest absolute Gasteiger partial charge is 0.449 e. The lowest BCUT2D eigenvalue weighted by molar-refractivity contribution is -0.144. The molecule has 0 aliphatic carbocycles. The van der Waals surface area contributed by atoms with E-state index in [9.17, 15) is 26.3 Å². The third-order valence-electron chi connectivity index (χ3n) is 4.04. The number of imidazole rings is 2. The molecule has 0 saturated carbocycles. The Kier molecular flexibility index (Phi) is 3.69. The Morgan fingerprint density at radius 1 is 0.667 bits per heavy atom. The molecule has 4 nitrogen and oxygen atoms in total. The van der Waals surface area contributed by atoms with Crippen molar-refractivity contribution in [3.63, 3.8) is 0 Å². The monoisotopic (exact) mass is 384 g/mol. The highest BCUT2D eigenvalue weighted by Gasteiger charge is 2.35. The van der Waals surface area contributed by atoms with Crippen molar-refractivity contribution >= 4 is 22.1 Å². The Morgan fingerprint density at radius 2 is 1.07 bits per heavy atom. The minimum Gasteiger partial charge on any atom is -0.334 e. The van der Waals surface area contributed by atoms with Crippen molar-refractivity contribution in [2.75, 3.05) is 0 Å². The Bertz CT molecular complexity index is 1050. The van der Waals surface area contributed by atoms with Crippen molar-refractivity contribution in [1.82, 2.24) is 19.9 Å². The molecule has 0 spiro atoms. The maximum absolute atomic E-state index is 12.7. The second kappa shape index (κ2) is 5.73. The minimum absolute atomic E-state index is 0.185. The first-order chi connectivity index (χ1) is 12.6. The van der Waals surface area contributed by atoms with E-state index in [0.29, 0.717) is 17.5 Å². The maximum Gasteiger partial charge on any atom is 0.449 e. The number of alkyl halides is 6. The molecule has 0 saturated heterocycles. The average molecular weight is 384 g/mol. The smallest absolute Gasteiger partial charge is 0.334 e. The van der Waals surface area contributed by atoms with Crippen LogP contribution in [0.25, 0.3) is 22.1 Å². The lowest BCUT2D eigenvalue weighted by Gasteiger charge is -2.02. The van der Waals surface area contributed by atoms with Crippen molar-refractivity contribution in [3.05, 3.63) is 59.2 Å². The number of aromatic amines is 2. The molecule has 2 heterocycles. The van der Waals surface area contributed by atoms with Crippen LogP contribution in [0.3, 0.4) is 0 Å². The standard InChI is InChI=1S/C17H10F6N4/c18-16(19,20)14-24-10-3-1-8(6-12(10)26-14)5-9-2-4-11-13(7-9)27-15(25-11)17(21,22)23/h1-4,6-7H,5H2,(H,24,26)(H,25,27). The Labute approximate surface area is 147 Å². The Balaban J connectivity index is 1.65. The van der Waals surface area contributed by atoms with E-state index in [0.717, 1.165) is 0 Å². The highest BCUT2D eigenvalue weighted by atomic mass is 19.4. The molecule has 0 bridgehead atoms. The number of hydrogen-bond donors (Lipinski definition) is 2. The van der Waals surface area contributed by atoms with E-state index in [1.165, 1.54) is 24.3 Å². The molecule has 0 unspecified atom stereocenters. The zero-order valence-electron chi connectivity index (χ0n) is 13.3. The van der Waals surface area contributed by atoms with Crippen molar-refractivity contribution in [2.24, 2.45) is 0 Å². The second-order valence-corrected chi connectivity index (χ2v) is 6.05. The van der Waals surface area contributed by atoms with Gasteiger partial charge in [0.25, 0.3) is 0 Å². The molecule has 0 fully saturated rings. The van der Waals surface area contributed by atoms with Crippen molar-refractivity contribution in [2.45, 2.75) is 18.8 Å². The molecule has 0 radical (unpaired) electrons. The van der Waals surface area contributed by atoms with E-state index >= 15 is 0 Å². The van der Waals surface area contributed by atoms with Crippen LogP contribution >= 0.6 is 0 Å². The lowest BCUT2D eigenvalue weighted by atomic mass is 10.0. The molecule has 0 amide bonds. The first kappa shape index (κ1) is 17.4. The van der Waals surface area contributed by atoms with E-state index in [1.807, 2.05) is 0 Å². The van der Waals surface area contributed by atoms with E-state index in [-0.39, 0.29) is 22.1 Å². The molecule has 4 aromatic rings. The summed E-state index contributed by atoms with van der Waals surface area (Å²) >= 11 is 0. The summed E-state index contributed by atoms with van der Waals surface area (Å²) in [4.78, 5) is 11.5. The second-order valence-electron chi connectivity index (χ2n) is 6.05. The van der Waals surface area contributed by atoms with Crippen LogP contribution < -0.4 is 0 Å². The molecular formula is C17H10F6N4. The average Bonchev–Trinajstić information content (AvgIpc) is 3.16. The van der Waals surface area contributed by atoms with Gasteiger partial charge in [0, 0.05) is 0 Å². The molecule has 2 aromatic heterocycles. The van der Waals surface area contributed by atoms with Crippen molar-refractivity contribution in [3.8, 4) is 0 Å². The van der Waals surface area contributed by atoms with Gasteiger partial charge in [-0.3, -0.25) is 0 Å². The van der Waals surface area contributed by atoms with Crippen LogP contribution in [0.5, 0.6) is 0 Å². The zero-order valence-corrected chi connectivity index (χ0v) is 13.3. The van der Waals surface area contributed by atoms with Crippen LogP contribution in [0.4, 0.5) is 26.3 Å². The van der Waals surface area contributed by atoms with Gasteiger partial charge in [0.1, 0.15) is 0 Å². The SMILES string of the molecule is FC(F)(F)c1nc2ccc(Cc3ccc4nc(C(F)(F)F)[nH]c4c3)cc2[nH]1. The van der Waals surface area contributed by atoms with E-state index in [4.69, 9.17) is 0 Å². The predicted molar refractivity (Wildman–Crippen MR) is 85.0 cm³/mol. The third kappa shape index (κ3) is 3.34. The van der Waals surface area contributed by atoms with Gasteiger partial charge >= 0.3 is 12.4 Å². The molecular weight excluding hydrogens is 374 g/mol. The number of halogens is 6. The summed E-state index contributed by atoms with van der Waals surface area (Å²) in [7, 11) is 0. The maximum atomic E-state index is 12.7. The van der Waals surface area contributed by atoms with Crippen molar-refractivity contribution < 1.29 is 26.3 Å². The molecule has 2 N–H and O–H groups in total. The molecule has 4 rings (SSSR count). The molecule has 27 heavy (non-hydrogen) atoms. The number of rotatable bonds is 2. The number of nitrogens with one attached hydrogen (secondary N) is 2. The highest BCUT2D eigenvalue weighted by Crippen LogP contribution is 2.30. The molecule has 2 aromatic carbocycles. The quantitative estimate of drug-likeness (QED) is 0.474. The van der Waals surface area contributed by atoms with Crippen LogP contribution in [-0.4, -0.2) is 19.9 Å². The summed E-state index contributed by atoms with van der Waals surface area (Å²) in [5.74, 6) is -2.15. The summed E-state index contributed by atoms with van der Waals surface area (Å²) < 4.78 is 76.3. The number of nitrogens with zero attached hydrogens (tertiary/aromatic N) is 2. The summed E-state index contributed by atoms with van der Waals surface area (Å²) in [6, 6.07) is 9.26. The normalized spacial score (nSPS) is 13.0. The minimum atomic E-state index is -4.57. The molecule has 0 atom stereocenters. The van der Waals surface area contributed by atoms with Crippen LogP contribution in [0.1, 0.15) is 22.8 Å². The fraction of sp³-hybridized carbons (Fsp3) is 0.176. The van der Waals surface area contributed by atoms with Crippen LogP contribution in [0, 0.1) is 0 Å². The van der Waals surface area contributed by atoms with Gasteiger partial charge < -0.3 is 9.97 Å². The molecule has 0 aliphatic heterocycles. The fourth-order valence-corrected chi connectivity index (χ4v) is 2.84. The van der Waals surface area contributed by atoms with E-state index < -0.39 is 24.0 Å². The van der Waals surface area contributed by atoms with Gasteiger partial charge in [0.2, 0.25) is 11.6 Å². The van der Waals surface area contributed by atoms with Gasteiger partial charge in [0.15, 0.2) is 0 Å². The first-order valence-corrected chi connectivity index (χ1v) is 7.71. The number of H-pyrrole nitrogens is 2. The van der Waals surface area contributed by atoms with Crippen LogP contribution in [-0.2, 0) is 18.8 Å². The number of hydrogen-bond acceptors (Lipinski definition) is 2. The molecule has 0 aliphatic rings. The first-order valence-electron chi connectivity index (χ1n) is 7.71. The lowest BCUT2D eigenvalue weighted by Crippen LogP contribution is -2.06.